The van der Waals surface area contributed by atoms with Gasteiger partial charge in [0.05, 0.1) is 0 Å². The molecule has 0 aliphatic heterocycles. The van der Waals surface area contributed by atoms with Crippen LogP contribution in [0, 0.1) is 11.7 Å². The lowest BCUT2D eigenvalue weighted by atomic mass is 10.0. The van der Waals surface area contributed by atoms with E-state index >= 15 is 0 Å². The lowest BCUT2D eigenvalue weighted by Gasteiger charge is -2.19. The minimum atomic E-state index is -0.389. The molecule has 0 aromatic heterocycles. The first kappa shape index (κ1) is 12.0. The Morgan fingerprint density at radius 2 is 2.29 bits per heavy atom. The molecular formula is C13H17FN2O. The van der Waals surface area contributed by atoms with Crippen LogP contribution < -0.4 is 11.1 Å². The van der Waals surface area contributed by atoms with Gasteiger partial charge >= 0.3 is 0 Å². The van der Waals surface area contributed by atoms with Crippen molar-refractivity contribution in [2.24, 2.45) is 11.7 Å². The van der Waals surface area contributed by atoms with Gasteiger partial charge in [0.2, 0.25) is 0 Å². The Morgan fingerprint density at radius 3 is 3.00 bits per heavy atom. The fourth-order valence-corrected chi connectivity index (χ4v) is 2.39. The van der Waals surface area contributed by atoms with Crippen LogP contribution >= 0.6 is 0 Å². The standard InChI is InChI=1S/C13H17FN2O/c14-11-5-1-3-9(7-11)13(17)16-12-6-2-4-10(12)8-15/h1,3,5,7,10,12H,2,4,6,8,15H2,(H,16,17). The van der Waals surface area contributed by atoms with E-state index in [1.54, 1.807) is 12.1 Å². The second kappa shape index (κ2) is 5.27. The van der Waals surface area contributed by atoms with Crippen molar-refractivity contribution in [2.75, 3.05) is 6.54 Å². The van der Waals surface area contributed by atoms with Crippen molar-refractivity contribution in [1.29, 1.82) is 0 Å². The fourth-order valence-electron chi connectivity index (χ4n) is 2.39. The number of carbonyl (C=O) groups is 1. The van der Waals surface area contributed by atoms with Crippen LogP contribution in [0.25, 0.3) is 0 Å². The molecule has 2 rings (SSSR count). The molecule has 1 aromatic rings. The molecule has 3 nitrogen and oxygen atoms in total. The van der Waals surface area contributed by atoms with Gasteiger partial charge in [-0.2, -0.15) is 0 Å². The molecule has 92 valence electrons. The lowest BCUT2D eigenvalue weighted by molar-refractivity contribution is 0.0928. The van der Waals surface area contributed by atoms with Crippen LogP contribution in [0.4, 0.5) is 4.39 Å². The number of nitrogens with one attached hydrogen (secondary N) is 1. The first-order valence-corrected chi connectivity index (χ1v) is 5.97. The van der Waals surface area contributed by atoms with Crippen LogP contribution in [0.15, 0.2) is 24.3 Å². The van der Waals surface area contributed by atoms with Gasteiger partial charge in [0.15, 0.2) is 0 Å². The molecule has 0 heterocycles. The van der Waals surface area contributed by atoms with Crippen LogP contribution in [0.5, 0.6) is 0 Å². The normalized spacial score (nSPS) is 23.6. The van der Waals surface area contributed by atoms with E-state index in [1.807, 2.05) is 0 Å². The Morgan fingerprint density at radius 1 is 1.47 bits per heavy atom. The number of carbonyl (C=O) groups excluding carboxylic acids is 1. The summed E-state index contributed by atoms with van der Waals surface area (Å²) in [5.41, 5.74) is 6.02. The highest BCUT2D eigenvalue weighted by Crippen LogP contribution is 2.24. The zero-order valence-corrected chi connectivity index (χ0v) is 9.66. The molecule has 0 bridgehead atoms. The number of amides is 1. The average molecular weight is 236 g/mol. The predicted octanol–water partition coefficient (Wildman–Crippen LogP) is 1.68. The quantitative estimate of drug-likeness (QED) is 0.839. The second-order valence-electron chi connectivity index (χ2n) is 4.52. The van der Waals surface area contributed by atoms with Gasteiger partial charge in [0, 0.05) is 11.6 Å². The van der Waals surface area contributed by atoms with Crippen molar-refractivity contribution in [3.05, 3.63) is 35.6 Å². The molecule has 1 saturated carbocycles. The highest BCUT2D eigenvalue weighted by Gasteiger charge is 2.27. The van der Waals surface area contributed by atoms with E-state index < -0.39 is 0 Å². The van der Waals surface area contributed by atoms with Gasteiger partial charge in [-0.3, -0.25) is 4.79 Å². The summed E-state index contributed by atoms with van der Waals surface area (Å²) >= 11 is 0. The molecule has 1 aliphatic carbocycles. The second-order valence-corrected chi connectivity index (χ2v) is 4.52. The van der Waals surface area contributed by atoms with Gasteiger partial charge in [-0.25, -0.2) is 4.39 Å². The zero-order chi connectivity index (χ0) is 12.3. The van der Waals surface area contributed by atoms with E-state index in [0.717, 1.165) is 19.3 Å². The van der Waals surface area contributed by atoms with Gasteiger partial charge in [-0.05, 0) is 43.5 Å². The number of rotatable bonds is 3. The van der Waals surface area contributed by atoms with E-state index in [0.29, 0.717) is 18.0 Å². The van der Waals surface area contributed by atoms with Crippen molar-refractivity contribution in [1.82, 2.24) is 5.32 Å². The molecule has 1 aliphatic rings. The van der Waals surface area contributed by atoms with Crippen molar-refractivity contribution in [3.63, 3.8) is 0 Å². The van der Waals surface area contributed by atoms with Crippen molar-refractivity contribution in [2.45, 2.75) is 25.3 Å². The van der Waals surface area contributed by atoms with Crippen LogP contribution in [0.2, 0.25) is 0 Å². The van der Waals surface area contributed by atoms with E-state index in [9.17, 15) is 9.18 Å². The molecule has 2 atom stereocenters. The van der Waals surface area contributed by atoms with Crippen LogP contribution in [-0.2, 0) is 0 Å². The first-order valence-electron chi connectivity index (χ1n) is 5.97. The topological polar surface area (TPSA) is 55.1 Å². The Kier molecular flexibility index (Phi) is 3.74. The van der Waals surface area contributed by atoms with E-state index in [2.05, 4.69) is 5.32 Å². The fraction of sp³-hybridized carbons (Fsp3) is 0.462. The van der Waals surface area contributed by atoms with Gasteiger partial charge in [0.1, 0.15) is 5.82 Å². The van der Waals surface area contributed by atoms with E-state index in [4.69, 9.17) is 5.73 Å². The Hall–Kier alpha value is -1.42. The van der Waals surface area contributed by atoms with Crippen molar-refractivity contribution in [3.8, 4) is 0 Å². The molecule has 0 saturated heterocycles. The van der Waals surface area contributed by atoms with E-state index in [-0.39, 0.29) is 17.8 Å². The molecule has 1 amide bonds. The monoisotopic (exact) mass is 236 g/mol. The minimum absolute atomic E-state index is 0.135. The molecule has 0 spiro atoms. The summed E-state index contributed by atoms with van der Waals surface area (Å²) in [5, 5.41) is 2.94. The Labute approximate surface area is 100 Å². The number of benzene rings is 1. The highest BCUT2D eigenvalue weighted by molar-refractivity contribution is 5.94. The first-order chi connectivity index (χ1) is 8.20. The third-order valence-corrected chi connectivity index (χ3v) is 3.37. The molecule has 1 aromatic carbocycles. The summed E-state index contributed by atoms with van der Waals surface area (Å²) in [4.78, 5) is 11.9. The maximum absolute atomic E-state index is 13.0. The van der Waals surface area contributed by atoms with Crippen LogP contribution in [-0.4, -0.2) is 18.5 Å². The Balaban J connectivity index is 2.01. The summed E-state index contributed by atoms with van der Waals surface area (Å²) in [7, 11) is 0. The van der Waals surface area contributed by atoms with Crippen LogP contribution in [0.3, 0.4) is 0 Å². The average Bonchev–Trinajstić information content (AvgIpc) is 2.76. The van der Waals surface area contributed by atoms with Crippen molar-refractivity contribution < 1.29 is 9.18 Å². The van der Waals surface area contributed by atoms with Gasteiger partial charge in [-0.1, -0.05) is 12.5 Å². The molecule has 2 unspecified atom stereocenters. The molecule has 0 radical (unpaired) electrons. The summed E-state index contributed by atoms with van der Waals surface area (Å²) in [6, 6.07) is 5.87. The van der Waals surface area contributed by atoms with E-state index in [1.165, 1.54) is 12.1 Å². The Bertz CT molecular complexity index is 408. The SMILES string of the molecule is NCC1CCCC1NC(=O)c1cccc(F)c1. The number of nitrogens with two attached hydrogens (primary N) is 1. The van der Waals surface area contributed by atoms with Gasteiger partial charge < -0.3 is 11.1 Å². The maximum atomic E-state index is 13.0. The molecule has 4 heteroatoms. The summed E-state index contributed by atoms with van der Waals surface area (Å²) in [6.07, 6.45) is 3.11. The smallest absolute Gasteiger partial charge is 0.251 e. The third kappa shape index (κ3) is 2.82. The third-order valence-electron chi connectivity index (χ3n) is 3.37. The molecule has 3 N–H and O–H groups in total. The van der Waals surface area contributed by atoms with Crippen LogP contribution in [0.1, 0.15) is 29.6 Å². The lowest BCUT2D eigenvalue weighted by Crippen LogP contribution is -2.39. The number of hydrogen-bond acceptors (Lipinski definition) is 2. The largest absolute Gasteiger partial charge is 0.349 e. The molecular weight excluding hydrogens is 219 g/mol. The zero-order valence-electron chi connectivity index (χ0n) is 9.66. The summed E-state index contributed by atoms with van der Waals surface area (Å²) < 4.78 is 13.0. The highest BCUT2D eigenvalue weighted by atomic mass is 19.1. The number of halogens is 1. The summed E-state index contributed by atoms with van der Waals surface area (Å²) in [6.45, 7) is 0.591. The minimum Gasteiger partial charge on any atom is -0.349 e. The number of hydrogen-bond donors (Lipinski definition) is 2. The van der Waals surface area contributed by atoms with Gasteiger partial charge in [-0.15, -0.1) is 0 Å². The molecule has 17 heavy (non-hydrogen) atoms. The summed E-state index contributed by atoms with van der Waals surface area (Å²) in [5.74, 6) is -0.248. The predicted molar refractivity (Wildman–Crippen MR) is 64.0 cm³/mol. The van der Waals surface area contributed by atoms with Gasteiger partial charge in [0.25, 0.3) is 5.91 Å². The maximum Gasteiger partial charge on any atom is 0.251 e. The molecule has 1 fully saturated rings. The van der Waals surface area contributed by atoms with Crippen molar-refractivity contribution >= 4 is 5.91 Å².